The van der Waals surface area contributed by atoms with E-state index >= 15 is 0 Å². The lowest BCUT2D eigenvalue weighted by Gasteiger charge is -2.43. The van der Waals surface area contributed by atoms with Gasteiger partial charge in [-0.25, -0.2) is 15.0 Å². The van der Waals surface area contributed by atoms with Crippen LogP contribution in [0.5, 0.6) is 0 Å². The van der Waals surface area contributed by atoms with Crippen molar-refractivity contribution in [3.8, 4) is 6.07 Å². The van der Waals surface area contributed by atoms with Crippen LogP contribution >= 0.6 is 10.6 Å². The van der Waals surface area contributed by atoms with Crippen LogP contribution in [0.4, 0.5) is 28.8 Å². The summed E-state index contributed by atoms with van der Waals surface area (Å²) in [5.74, 6) is 2.50. The van der Waals surface area contributed by atoms with Crippen molar-refractivity contribution in [2.45, 2.75) is 29.6 Å². The number of hydrogen-bond acceptors (Lipinski definition) is 12. The van der Waals surface area contributed by atoms with E-state index < -0.39 is 10.6 Å². The van der Waals surface area contributed by atoms with Gasteiger partial charge in [-0.15, -0.1) is 0 Å². The molecule has 13 heteroatoms. The zero-order valence-corrected chi connectivity index (χ0v) is 35.4. The SMILES string of the molecule is CN(c1cccnc1)c1ncccc1CC(c1cccnc1)c1cccc(N)n1.N#Cc1ccc(C(Cc2cccnc2N2CCS(O)(O)c3ccccc32)c2cccnc2)cc1. The number of nitrogens with two attached hydrogens (primary N) is 1. The van der Waals surface area contributed by atoms with E-state index in [1.54, 1.807) is 36.9 Å². The molecule has 2 aromatic carbocycles. The Kier molecular flexibility index (Phi) is 13.0. The molecule has 314 valence electrons. The number of nitriles is 1. The number of rotatable bonds is 11. The third-order valence-corrected chi connectivity index (χ3v) is 12.9. The fourth-order valence-electron chi connectivity index (χ4n) is 7.90. The van der Waals surface area contributed by atoms with Crippen molar-refractivity contribution >= 4 is 39.4 Å². The summed E-state index contributed by atoms with van der Waals surface area (Å²) in [6.45, 7) is 0.470. The summed E-state index contributed by atoms with van der Waals surface area (Å²) >= 11 is 0. The van der Waals surface area contributed by atoms with Crippen molar-refractivity contribution < 1.29 is 9.11 Å². The van der Waals surface area contributed by atoms with Gasteiger partial charge < -0.3 is 15.5 Å². The first-order valence-corrected chi connectivity index (χ1v) is 22.2. The maximum absolute atomic E-state index is 10.6. The molecule has 63 heavy (non-hydrogen) atoms. The summed E-state index contributed by atoms with van der Waals surface area (Å²) in [5, 5.41) is 9.21. The van der Waals surface area contributed by atoms with Crippen LogP contribution in [0.15, 0.2) is 182 Å². The van der Waals surface area contributed by atoms with Gasteiger partial charge >= 0.3 is 0 Å². The number of fused-ring (bicyclic) bond motifs is 1. The minimum atomic E-state index is -2.82. The van der Waals surface area contributed by atoms with Crippen LogP contribution in [0, 0.1) is 11.3 Å². The molecule has 4 N–H and O–H groups in total. The van der Waals surface area contributed by atoms with E-state index in [-0.39, 0.29) is 17.6 Å². The Balaban J connectivity index is 0.000000175. The zero-order chi connectivity index (χ0) is 43.6. The van der Waals surface area contributed by atoms with Crippen LogP contribution in [0.1, 0.15) is 50.9 Å². The van der Waals surface area contributed by atoms with Gasteiger partial charge in [-0.2, -0.15) is 15.9 Å². The largest absolute Gasteiger partial charge is 0.384 e. The number of nitrogens with zero attached hydrogens (tertiary/aromatic N) is 9. The van der Waals surface area contributed by atoms with Gasteiger partial charge in [-0.05, 0) is 113 Å². The van der Waals surface area contributed by atoms with E-state index in [1.165, 1.54) is 0 Å². The second-order valence-corrected chi connectivity index (χ2v) is 17.2. The molecule has 0 spiro atoms. The Labute approximate surface area is 368 Å². The second-order valence-electron chi connectivity index (χ2n) is 15.0. The van der Waals surface area contributed by atoms with Crippen molar-refractivity contribution in [3.05, 3.63) is 216 Å². The highest BCUT2D eigenvalue weighted by atomic mass is 32.3. The summed E-state index contributed by atoms with van der Waals surface area (Å²) in [6.07, 6.45) is 15.9. The van der Waals surface area contributed by atoms with Crippen molar-refractivity contribution in [1.29, 1.82) is 5.26 Å². The predicted octanol–water partition coefficient (Wildman–Crippen LogP) is 9.98. The van der Waals surface area contributed by atoms with Crippen LogP contribution in [0.2, 0.25) is 0 Å². The maximum atomic E-state index is 10.6. The van der Waals surface area contributed by atoms with E-state index in [4.69, 9.17) is 10.7 Å². The first-order valence-electron chi connectivity index (χ1n) is 20.5. The van der Waals surface area contributed by atoms with E-state index in [0.29, 0.717) is 29.2 Å². The van der Waals surface area contributed by atoms with Gasteiger partial charge in [0, 0.05) is 68.8 Å². The van der Waals surface area contributed by atoms with E-state index in [2.05, 4.69) is 65.1 Å². The number of nitrogen functional groups attached to an aromatic ring is 1. The molecule has 0 saturated heterocycles. The van der Waals surface area contributed by atoms with Gasteiger partial charge in [-0.3, -0.25) is 24.1 Å². The van der Waals surface area contributed by atoms with Gasteiger partial charge in [0.15, 0.2) is 0 Å². The lowest BCUT2D eigenvalue weighted by atomic mass is 9.86. The number of pyridine rings is 6. The third-order valence-electron chi connectivity index (χ3n) is 11.1. The van der Waals surface area contributed by atoms with E-state index in [0.717, 1.165) is 62.9 Å². The van der Waals surface area contributed by atoms with Crippen LogP contribution in [0.25, 0.3) is 0 Å². The fourth-order valence-corrected chi connectivity index (χ4v) is 9.37. The summed E-state index contributed by atoms with van der Waals surface area (Å²) in [5.41, 5.74) is 14.7. The molecule has 0 radical (unpaired) electrons. The fraction of sp³-hybridized carbons (Fsp3) is 0.140. The summed E-state index contributed by atoms with van der Waals surface area (Å²) in [6, 6.07) is 43.1. The third kappa shape index (κ3) is 9.85. The Bertz CT molecular complexity index is 2790. The van der Waals surface area contributed by atoms with Gasteiger partial charge in [0.1, 0.15) is 17.5 Å². The first-order chi connectivity index (χ1) is 30.8. The average molecular weight is 851 g/mol. The summed E-state index contributed by atoms with van der Waals surface area (Å²) < 4.78 is 21.2. The molecular weight excluding hydrogens is 805 g/mol. The molecule has 0 fully saturated rings. The van der Waals surface area contributed by atoms with Gasteiger partial charge in [0.25, 0.3) is 0 Å². The molecule has 8 aromatic rings. The molecule has 7 heterocycles. The van der Waals surface area contributed by atoms with E-state index in [9.17, 15) is 14.4 Å². The summed E-state index contributed by atoms with van der Waals surface area (Å²) in [4.78, 5) is 31.5. The minimum Gasteiger partial charge on any atom is -0.384 e. The highest BCUT2D eigenvalue weighted by molar-refractivity contribution is 8.24. The van der Waals surface area contributed by atoms with Crippen molar-refractivity contribution in [2.75, 3.05) is 34.9 Å². The van der Waals surface area contributed by atoms with Crippen LogP contribution in [-0.4, -0.2) is 58.4 Å². The van der Waals surface area contributed by atoms with Gasteiger partial charge in [0.05, 0.1) is 45.5 Å². The molecule has 1 aliphatic rings. The van der Waals surface area contributed by atoms with Gasteiger partial charge in [-0.1, -0.05) is 54.6 Å². The second kappa shape index (κ2) is 19.5. The molecule has 1 aliphatic heterocycles. The van der Waals surface area contributed by atoms with Crippen molar-refractivity contribution in [2.24, 2.45) is 0 Å². The van der Waals surface area contributed by atoms with Crippen molar-refractivity contribution in [1.82, 2.24) is 29.9 Å². The number of anilines is 5. The topological polar surface area (TPSA) is 174 Å². The maximum Gasteiger partial charge on any atom is 0.136 e. The Hall–Kier alpha value is -7.50. The molecule has 0 bridgehead atoms. The van der Waals surface area contributed by atoms with E-state index in [1.807, 2.05) is 123 Å². The Morgan fingerprint density at radius 2 is 1.33 bits per heavy atom. The molecule has 0 aliphatic carbocycles. The van der Waals surface area contributed by atoms with Crippen LogP contribution in [-0.2, 0) is 12.8 Å². The Morgan fingerprint density at radius 3 is 2.02 bits per heavy atom. The molecule has 12 nitrogen and oxygen atoms in total. The number of benzene rings is 2. The quantitative estimate of drug-likeness (QED) is 0.113. The highest BCUT2D eigenvalue weighted by Crippen LogP contribution is 2.56. The molecular formula is C50H46N10O2S. The first kappa shape index (κ1) is 42.2. The standard InChI is InChI=1S/C27H24N4O2S.C23H22N6/c28-18-20-9-11-21(12-10-20)24(23-6-3-13-29-19-23)17-22-5-4-14-30-27(22)31-15-16-34(32,33)26-8-2-1-7-25(26)31;1-29(19-8-5-12-26-16-19)23-17(6-4-13-27-23)14-20(18-7-3-11-25-15-18)21-9-2-10-22(24)28-21/h1-14,19,24,32-33H,15-17H2;2-13,15-16,20H,14H2,1H3,(H2,24,28). The zero-order valence-electron chi connectivity index (χ0n) is 34.6. The van der Waals surface area contributed by atoms with Crippen LogP contribution in [0.3, 0.4) is 0 Å². The van der Waals surface area contributed by atoms with Gasteiger partial charge in [0.2, 0.25) is 0 Å². The molecule has 2 atom stereocenters. The molecule has 6 aromatic heterocycles. The number of hydrogen-bond donors (Lipinski definition) is 3. The summed E-state index contributed by atoms with van der Waals surface area (Å²) in [7, 11) is -0.815. The highest BCUT2D eigenvalue weighted by Gasteiger charge is 2.31. The minimum absolute atomic E-state index is 0.0115. The monoisotopic (exact) mass is 850 g/mol. The van der Waals surface area contributed by atoms with Crippen LogP contribution < -0.4 is 15.5 Å². The smallest absolute Gasteiger partial charge is 0.136 e. The lowest BCUT2D eigenvalue weighted by Crippen LogP contribution is -2.31. The molecule has 9 rings (SSSR count). The number of aromatic nitrogens is 6. The Morgan fingerprint density at radius 1 is 0.683 bits per heavy atom. The molecule has 0 saturated carbocycles. The lowest BCUT2D eigenvalue weighted by molar-refractivity contribution is 0.483. The molecule has 2 unspecified atom stereocenters. The average Bonchev–Trinajstić information content (AvgIpc) is 3.34. The normalized spacial score (nSPS) is 14.2. The van der Waals surface area contributed by atoms with Crippen molar-refractivity contribution in [3.63, 3.8) is 0 Å². The predicted molar refractivity (Wildman–Crippen MR) is 250 cm³/mol. The number of para-hydroxylation sites is 1. The molecule has 0 amide bonds.